The lowest BCUT2D eigenvalue weighted by Gasteiger charge is -2.14. The molecule has 0 bridgehead atoms. The molecule has 20 heavy (non-hydrogen) atoms. The van der Waals surface area contributed by atoms with Crippen LogP contribution in [0.2, 0.25) is 0 Å². The van der Waals surface area contributed by atoms with Crippen LogP contribution in [0.25, 0.3) is 0 Å². The molecule has 3 N–H and O–H groups in total. The molecular weight excluding hydrogens is 252 g/mol. The van der Waals surface area contributed by atoms with Crippen LogP contribution in [-0.4, -0.2) is 25.1 Å². The Hall–Kier alpha value is -1.55. The van der Waals surface area contributed by atoms with E-state index in [-0.39, 0.29) is 18.6 Å². The van der Waals surface area contributed by atoms with Crippen molar-refractivity contribution in [1.82, 2.24) is 5.32 Å². The van der Waals surface area contributed by atoms with Gasteiger partial charge in [0.1, 0.15) is 5.75 Å². The fraction of sp³-hybridized carbons (Fsp3) is 0.562. The summed E-state index contributed by atoms with van der Waals surface area (Å²) in [7, 11) is 0. The topological polar surface area (TPSA) is 64.3 Å². The number of benzene rings is 1. The molecule has 0 aromatic heterocycles. The van der Waals surface area contributed by atoms with E-state index in [2.05, 4.69) is 25.2 Å². The van der Waals surface area contributed by atoms with E-state index in [9.17, 15) is 4.79 Å². The molecule has 0 spiro atoms. The molecule has 4 nitrogen and oxygen atoms in total. The van der Waals surface area contributed by atoms with Gasteiger partial charge in [-0.15, -0.1) is 0 Å². The second-order valence-electron chi connectivity index (χ2n) is 5.78. The van der Waals surface area contributed by atoms with E-state index in [1.54, 1.807) is 0 Å². The van der Waals surface area contributed by atoms with Crippen LogP contribution < -0.4 is 15.8 Å². The molecular formula is C16H26N2O2. The number of ether oxygens (including phenoxy) is 1. The van der Waals surface area contributed by atoms with E-state index in [0.29, 0.717) is 12.5 Å². The summed E-state index contributed by atoms with van der Waals surface area (Å²) in [6.07, 6.45) is 0.741. The highest BCUT2D eigenvalue weighted by Gasteiger charge is 2.09. The zero-order valence-electron chi connectivity index (χ0n) is 12.9. The van der Waals surface area contributed by atoms with Crippen molar-refractivity contribution in [2.75, 3.05) is 13.2 Å². The first kappa shape index (κ1) is 16.5. The summed E-state index contributed by atoms with van der Waals surface area (Å²) in [5, 5.41) is 2.84. The van der Waals surface area contributed by atoms with Crippen molar-refractivity contribution in [2.24, 2.45) is 11.7 Å². The summed E-state index contributed by atoms with van der Waals surface area (Å²) in [5.74, 6) is 1.09. The van der Waals surface area contributed by atoms with Crippen LogP contribution in [0.4, 0.5) is 0 Å². The van der Waals surface area contributed by atoms with Crippen LogP contribution >= 0.6 is 0 Å². The van der Waals surface area contributed by atoms with Gasteiger partial charge >= 0.3 is 0 Å². The van der Waals surface area contributed by atoms with E-state index in [1.165, 1.54) is 0 Å². The SMILES string of the molecule is Cc1ccc(OCC(=O)NCC(C)C)c(CC(C)N)c1. The van der Waals surface area contributed by atoms with Crippen LogP contribution in [-0.2, 0) is 11.2 Å². The average Bonchev–Trinajstić information content (AvgIpc) is 2.34. The lowest BCUT2D eigenvalue weighted by atomic mass is 10.0. The number of carbonyl (C=O) groups is 1. The molecule has 4 heteroatoms. The highest BCUT2D eigenvalue weighted by atomic mass is 16.5. The Morgan fingerprint density at radius 3 is 2.65 bits per heavy atom. The number of nitrogens with one attached hydrogen (secondary N) is 1. The molecule has 0 aliphatic carbocycles. The summed E-state index contributed by atoms with van der Waals surface area (Å²) >= 11 is 0. The Bertz CT molecular complexity index is 442. The van der Waals surface area contributed by atoms with Gasteiger partial charge in [-0.3, -0.25) is 4.79 Å². The highest BCUT2D eigenvalue weighted by molar-refractivity contribution is 5.77. The highest BCUT2D eigenvalue weighted by Crippen LogP contribution is 2.21. The molecule has 1 atom stereocenters. The third-order valence-corrected chi connectivity index (χ3v) is 2.82. The number of amides is 1. The fourth-order valence-corrected chi connectivity index (χ4v) is 1.87. The maximum Gasteiger partial charge on any atom is 0.257 e. The van der Waals surface area contributed by atoms with Crippen LogP contribution in [0.1, 0.15) is 31.9 Å². The molecule has 1 rings (SSSR count). The van der Waals surface area contributed by atoms with E-state index >= 15 is 0 Å². The molecule has 0 fully saturated rings. The maximum absolute atomic E-state index is 11.7. The van der Waals surface area contributed by atoms with Gasteiger partial charge in [0.2, 0.25) is 0 Å². The molecule has 0 aliphatic heterocycles. The zero-order chi connectivity index (χ0) is 15.1. The van der Waals surface area contributed by atoms with Crippen molar-refractivity contribution < 1.29 is 9.53 Å². The van der Waals surface area contributed by atoms with E-state index < -0.39 is 0 Å². The molecule has 0 radical (unpaired) electrons. The summed E-state index contributed by atoms with van der Waals surface area (Å²) in [4.78, 5) is 11.7. The smallest absolute Gasteiger partial charge is 0.257 e. The Labute approximate surface area is 121 Å². The van der Waals surface area contributed by atoms with E-state index in [0.717, 1.165) is 23.3 Å². The Morgan fingerprint density at radius 1 is 1.35 bits per heavy atom. The monoisotopic (exact) mass is 278 g/mol. The number of hydrogen-bond donors (Lipinski definition) is 2. The van der Waals surface area contributed by atoms with Gasteiger partial charge in [0.15, 0.2) is 6.61 Å². The summed E-state index contributed by atoms with van der Waals surface area (Å²) in [6.45, 7) is 8.82. The van der Waals surface area contributed by atoms with Gasteiger partial charge in [0.05, 0.1) is 0 Å². The van der Waals surface area contributed by atoms with Crippen molar-refractivity contribution in [3.63, 3.8) is 0 Å². The number of nitrogens with two attached hydrogens (primary N) is 1. The summed E-state index contributed by atoms with van der Waals surface area (Å²) in [6, 6.07) is 6.01. The number of hydrogen-bond acceptors (Lipinski definition) is 3. The summed E-state index contributed by atoms with van der Waals surface area (Å²) < 4.78 is 5.62. The Kier molecular flexibility index (Phi) is 6.52. The van der Waals surface area contributed by atoms with Crippen molar-refractivity contribution in [3.8, 4) is 5.75 Å². The molecule has 0 heterocycles. The second-order valence-corrected chi connectivity index (χ2v) is 5.78. The molecule has 1 unspecified atom stereocenters. The average molecular weight is 278 g/mol. The number of rotatable bonds is 7. The lowest BCUT2D eigenvalue weighted by Crippen LogP contribution is -2.32. The molecule has 0 saturated carbocycles. The maximum atomic E-state index is 11.7. The standard InChI is InChI=1S/C16H26N2O2/c1-11(2)9-18-16(19)10-20-15-6-5-12(3)7-14(15)8-13(4)17/h5-7,11,13H,8-10,17H2,1-4H3,(H,18,19). The number of aryl methyl sites for hydroxylation is 1. The molecule has 0 aliphatic rings. The van der Waals surface area contributed by atoms with Crippen molar-refractivity contribution in [2.45, 2.75) is 40.2 Å². The van der Waals surface area contributed by atoms with Crippen LogP contribution in [0.3, 0.4) is 0 Å². The van der Waals surface area contributed by atoms with Crippen LogP contribution in [0.5, 0.6) is 5.75 Å². The van der Waals surface area contributed by atoms with Gasteiger partial charge in [0.25, 0.3) is 5.91 Å². The normalized spacial score (nSPS) is 12.3. The van der Waals surface area contributed by atoms with E-state index in [4.69, 9.17) is 10.5 Å². The zero-order valence-corrected chi connectivity index (χ0v) is 12.9. The third kappa shape index (κ3) is 6.06. The van der Waals surface area contributed by atoms with Gasteiger partial charge < -0.3 is 15.8 Å². The summed E-state index contributed by atoms with van der Waals surface area (Å²) in [5.41, 5.74) is 8.06. The van der Waals surface area contributed by atoms with Crippen LogP contribution in [0.15, 0.2) is 18.2 Å². The van der Waals surface area contributed by atoms with Gasteiger partial charge in [0, 0.05) is 12.6 Å². The van der Waals surface area contributed by atoms with Gasteiger partial charge in [-0.25, -0.2) is 0 Å². The third-order valence-electron chi connectivity index (χ3n) is 2.82. The quantitative estimate of drug-likeness (QED) is 0.802. The minimum absolute atomic E-state index is 0.0434. The second kappa shape index (κ2) is 7.90. The first-order chi connectivity index (χ1) is 9.38. The molecule has 112 valence electrons. The van der Waals surface area contributed by atoms with Gasteiger partial charge in [-0.05, 0) is 37.8 Å². The molecule has 1 amide bonds. The Morgan fingerprint density at radius 2 is 2.05 bits per heavy atom. The van der Waals surface area contributed by atoms with Gasteiger partial charge in [-0.2, -0.15) is 0 Å². The molecule has 1 aromatic carbocycles. The van der Waals surface area contributed by atoms with Crippen molar-refractivity contribution in [3.05, 3.63) is 29.3 Å². The van der Waals surface area contributed by atoms with Crippen LogP contribution in [0, 0.1) is 12.8 Å². The number of carbonyl (C=O) groups excluding carboxylic acids is 1. The largest absolute Gasteiger partial charge is 0.483 e. The predicted molar refractivity (Wildman–Crippen MR) is 81.9 cm³/mol. The lowest BCUT2D eigenvalue weighted by molar-refractivity contribution is -0.123. The minimum Gasteiger partial charge on any atom is -0.483 e. The first-order valence-electron chi connectivity index (χ1n) is 7.13. The predicted octanol–water partition coefficient (Wildman–Crippen LogP) is 2.04. The minimum atomic E-state index is -0.0916. The fourth-order valence-electron chi connectivity index (χ4n) is 1.87. The van der Waals surface area contributed by atoms with Crippen molar-refractivity contribution >= 4 is 5.91 Å². The molecule has 1 aromatic rings. The molecule has 0 saturated heterocycles. The van der Waals surface area contributed by atoms with Crippen molar-refractivity contribution in [1.29, 1.82) is 0 Å². The first-order valence-corrected chi connectivity index (χ1v) is 7.13. The van der Waals surface area contributed by atoms with Gasteiger partial charge in [-0.1, -0.05) is 31.5 Å². The van der Waals surface area contributed by atoms with E-state index in [1.807, 2.05) is 26.0 Å². The Balaban J connectivity index is 2.60.